The topological polar surface area (TPSA) is 58.9 Å². The highest BCUT2D eigenvalue weighted by molar-refractivity contribution is 5.94. The lowest BCUT2D eigenvalue weighted by atomic mass is 10.1. The van der Waals surface area contributed by atoms with Crippen LogP contribution in [0.3, 0.4) is 0 Å². The number of nitrogens with zero attached hydrogens (tertiary/aromatic N) is 4. The maximum Gasteiger partial charge on any atom is 0.155 e. The van der Waals surface area contributed by atoms with Crippen molar-refractivity contribution in [2.24, 2.45) is 0 Å². The van der Waals surface area contributed by atoms with Gasteiger partial charge in [0.2, 0.25) is 0 Å². The van der Waals surface area contributed by atoms with E-state index in [9.17, 15) is 0 Å². The van der Waals surface area contributed by atoms with Crippen LogP contribution in [-0.4, -0.2) is 24.6 Å². The molecule has 4 rings (SSSR count). The van der Waals surface area contributed by atoms with Gasteiger partial charge in [0.15, 0.2) is 5.65 Å². The van der Waals surface area contributed by atoms with Gasteiger partial charge in [0.1, 0.15) is 12.0 Å². The van der Waals surface area contributed by atoms with Crippen molar-refractivity contribution in [1.82, 2.24) is 24.6 Å². The molecule has 4 aromatic rings. The van der Waals surface area contributed by atoms with Crippen molar-refractivity contribution in [2.75, 3.05) is 0 Å². The number of fused-ring (bicyclic) bond motifs is 2. The lowest BCUT2D eigenvalue weighted by Gasteiger charge is -2.00. The summed E-state index contributed by atoms with van der Waals surface area (Å²) in [5, 5.41) is 5.22. The zero-order chi connectivity index (χ0) is 12.8. The van der Waals surface area contributed by atoms with Gasteiger partial charge in [0, 0.05) is 29.0 Å². The molecule has 0 atom stereocenters. The van der Waals surface area contributed by atoms with Crippen LogP contribution >= 0.6 is 0 Å². The van der Waals surface area contributed by atoms with Crippen LogP contribution in [0.5, 0.6) is 0 Å². The quantitative estimate of drug-likeness (QED) is 0.564. The highest BCUT2D eigenvalue weighted by atomic mass is 15.3. The second kappa shape index (κ2) is 3.65. The van der Waals surface area contributed by atoms with E-state index in [0.29, 0.717) is 0 Å². The molecule has 5 nitrogen and oxygen atoms in total. The molecule has 4 heterocycles. The van der Waals surface area contributed by atoms with Gasteiger partial charge >= 0.3 is 0 Å². The fourth-order valence-electron chi connectivity index (χ4n) is 2.32. The standard InChI is InChI=1S/C14H11N5/c1-9-2-3-11-12(7-15-14(11)18-9)10-4-5-19-13(6-10)16-8-17-19/h2-8H,1H3,(H,15,18). The number of aromatic amines is 1. The molecule has 92 valence electrons. The summed E-state index contributed by atoms with van der Waals surface area (Å²) in [6, 6.07) is 8.17. The Morgan fingerprint density at radius 3 is 3.11 bits per heavy atom. The Labute approximate surface area is 108 Å². The molecular weight excluding hydrogens is 238 g/mol. The molecule has 0 aliphatic heterocycles. The fraction of sp³-hybridized carbons (Fsp3) is 0.0714. The smallest absolute Gasteiger partial charge is 0.155 e. The van der Waals surface area contributed by atoms with Crippen LogP contribution in [0.15, 0.2) is 43.0 Å². The monoisotopic (exact) mass is 249 g/mol. The number of pyridine rings is 2. The molecule has 1 N–H and O–H groups in total. The van der Waals surface area contributed by atoms with Crippen LogP contribution in [0.2, 0.25) is 0 Å². The van der Waals surface area contributed by atoms with Crippen LogP contribution in [0.25, 0.3) is 27.8 Å². The van der Waals surface area contributed by atoms with Gasteiger partial charge in [-0.25, -0.2) is 14.5 Å². The van der Waals surface area contributed by atoms with E-state index in [4.69, 9.17) is 0 Å². The molecular formula is C14H11N5. The van der Waals surface area contributed by atoms with E-state index >= 15 is 0 Å². The van der Waals surface area contributed by atoms with Gasteiger partial charge in [0.05, 0.1) is 0 Å². The van der Waals surface area contributed by atoms with Crippen molar-refractivity contribution >= 4 is 16.7 Å². The largest absolute Gasteiger partial charge is 0.346 e. The summed E-state index contributed by atoms with van der Waals surface area (Å²) in [5.41, 5.74) is 5.00. The normalized spacial score (nSPS) is 11.4. The van der Waals surface area contributed by atoms with Gasteiger partial charge < -0.3 is 4.98 Å². The Bertz CT molecular complexity index is 887. The summed E-state index contributed by atoms with van der Waals surface area (Å²) in [6.07, 6.45) is 5.46. The molecule has 0 bridgehead atoms. The molecule has 4 aromatic heterocycles. The van der Waals surface area contributed by atoms with E-state index in [2.05, 4.69) is 26.1 Å². The third-order valence-corrected chi connectivity index (χ3v) is 3.27. The Hall–Kier alpha value is -2.69. The number of nitrogens with one attached hydrogen (secondary N) is 1. The minimum atomic E-state index is 0.840. The molecule has 0 fully saturated rings. The number of aromatic nitrogens is 5. The number of H-pyrrole nitrogens is 1. The number of aryl methyl sites for hydroxylation is 1. The van der Waals surface area contributed by atoms with Gasteiger partial charge in [-0.3, -0.25) is 0 Å². The second-order valence-electron chi connectivity index (χ2n) is 4.53. The Kier molecular flexibility index (Phi) is 1.97. The zero-order valence-corrected chi connectivity index (χ0v) is 10.3. The van der Waals surface area contributed by atoms with Crippen molar-refractivity contribution in [3.63, 3.8) is 0 Å². The van der Waals surface area contributed by atoms with Crippen molar-refractivity contribution in [2.45, 2.75) is 6.92 Å². The fourth-order valence-corrected chi connectivity index (χ4v) is 2.32. The predicted octanol–water partition coefficient (Wildman–Crippen LogP) is 2.58. The summed E-state index contributed by atoms with van der Waals surface area (Å²) in [6.45, 7) is 1.99. The maximum absolute atomic E-state index is 4.49. The molecule has 0 spiro atoms. The third-order valence-electron chi connectivity index (χ3n) is 3.27. The SMILES string of the molecule is Cc1ccc2c(-c3ccn4ncnc4c3)c[nH]c2n1. The van der Waals surface area contributed by atoms with Crippen LogP contribution in [0.4, 0.5) is 0 Å². The molecule has 0 amide bonds. The second-order valence-corrected chi connectivity index (χ2v) is 4.53. The Morgan fingerprint density at radius 2 is 2.16 bits per heavy atom. The lowest BCUT2D eigenvalue weighted by molar-refractivity contribution is 0.962. The molecule has 0 aliphatic carbocycles. The van der Waals surface area contributed by atoms with Gasteiger partial charge in [-0.2, -0.15) is 5.10 Å². The van der Waals surface area contributed by atoms with Crippen LogP contribution in [-0.2, 0) is 0 Å². The van der Waals surface area contributed by atoms with E-state index < -0.39 is 0 Å². The molecule has 5 heteroatoms. The maximum atomic E-state index is 4.49. The van der Waals surface area contributed by atoms with E-state index in [1.165, 1.54) is 0 Å². The third kappa shape index (κ3) is 1.52. The van der Waals surface area contributed by atoms with Crippen LogP contribution in [0, 0.1) is 6.92 Å². The molecule has 19 heavy (non-hydrogen) atoms. The average molecular weight is 249 g/mol. The summed E-state index contributed by atoms with van der Waals surface area (Å²) in [4.78, 5) is 11.9. The van der Waals surface area contributed by atoms with E-state index in [-0.39, 0.29) is 0 Å². The minimum absolute atomic E-state index is 0.840. The first kappa shape index (κ1) is 10.3. The first-order valence-electron chi connectivity index (χ1n) is 6.06. The van der Waals surface area contributed by atoms with Gasteiger partial charge in [-0.05, 0) is 36.8 Å². The van der Waals surface area contributed by atoms with Crippen molar-refractivity contribution < 1.29 is 0 Å². The zero-order valence-electron chi connectivity index (χ0n) is 10.3. The molecule has 0 radical (unpaired) electrons. The molecule has 0 saturated heterocycles. The van der Waals surface area contributed by atoms with Crippen LogP contribution < -0.4 is 0 Å². The summed E-state index contributed by atoms with van der Waals surface area (Å²) < 4.78 is 1.75. The van der Waals surface area contributed by atoms with Gasteiger partial charge in [-0.15, -0.1) is 0 Å². The predicted molar refractivity (Wildman–Crippen MR) is 72.8 cm³/mol. The number of hydrogen-bond donors (Lipinski definition) is 1. The highest BCUT2D eigenvalue weighted by Crippen LogP contribution is 2.28. The van der Waals surface area contributed by atoms with E-state index in [0.717, 1.165) is 33.5 Å². The van der Waals surface area contributed by atoms with Crippen LogP contribution in [0.1, 0.15) is 5.69 Å². The van der Waals surface area contributed by atoms with Gasteiger partial charge in [0.25, 0.3) is 0 Å². The molecule has 0 unspecified atom stereocenters. The number of hydrogen-bond acceptors (Lipinski definition) is 3. The first-order chi connectivity index (χ1) is 9.31. The highest BCUT2D eigenvalue weighted by Gasteiger charge is 2.08. The minimum Gasteiger partial charge on any atom is -0.346 e. The van der Waals surface area contributed by atoms with E-state index in [1.807, 2.05) is 37.5 Å². The Balaban J connectivity index is 1.97. The molecule has 0 aliphatic rings. The van der Waals surface area contributed by atoms with Crippen molar-refractivity contribution in [1.29, 1.82) is 0 Å². The molecule has 0 aromatic carbocycles. The Morgan fingerprint density at radius 1 is 1.21 bits per heavy atom. The summed E-state index contributed by atoms with van der Waals surface area (Å²) >= 11 is 0. The van der Waals surface area contributed by atoms with E-state index in [1.54, 1.807) is 10.8 Å². The lowest BCUT2D eigenvalue weighted by Crippen LogP contribution is -1.87. The average Bonchev–Trinajstić information content (AvgIpc) is 3.02. The summed E-state index contributed by atoms with van der Waals surface area (Å²) in [7, 11) is 0. The molecule has 0 saturated carbocycles. The van der Waals surface area contributed by atoms with Crippen molar-refractivity contribution in [3.05, 3.63) is 48.7 Å². The van der Waals surface area contributed by atoms with Crippen molar-refractivity contribution in [3.8, 4) is 11.1 Å². The summed E-state index contributed by atoms with van der Waals surface area (Å²) in [5.74, 6) is 0. The van der Waals surface area contributed by atoms with Gasteiger partial charge in [-0.1, -0.05) is 0 Å². The first-order valence-corrected chi connectivity index (χ1v) is 6.06. The number of rotatable bonds is 1.